The number of ether oxygens (including phenoxy) is 2. The molecule has 3 nitrogen and oxygen atoms in total. The van der Waals surface area contributed by atoms with Crippen molar-refractivity contribution < 1.29 is 9.47 Å². The second-order valence-electron chi connectivity index (χ2n) is 6.16. The summed E-state index contributed by atoms with van der Waals surface area (Å²) in [5, 5.41) is 3.44. The van der Waals surface area contributed by atoms with Gasteiger partial charge >= 0.3 is 0 Å². The molecule has 4 heteroatoms. The van der Waals surface area contributed by atoms with Gasteiger partial charge in [-0.15, -0.1) is 0 Å². The quantitative estimate of drug-likeness (QED) is 0.698. The Labute approximate surface area is 137 Å². The second-order valence-corrected chi connectivity index (χ2v) is 7.02. The van der Waals surface area contributed by atoms with Crippen molar-refractivity contribution in [2.45, 2.75) is 40.7 Å². The summed E-state index contributed by atoms with van der Waals surface area (Å²) in [6.45, 7) is 11.3. The molecule has 1 aromatic carbocycles. The first-order chi connectivity index (χ1) is 9.93. The average molecular weight is 358 g/mol. The van der Waals surface area contributed by atoms with E-state index in [4.69, 9.17) is 9.47 Å². The van der Waals surface area contributed by atoms with Crippen LogP contribution in [0.3, 0.4) is 0 Å². The summed E-state index contributed by atoms with van der Waals surface area (Å²) in [4.78, 5) is 0. The lowest BCUT2D eigenvalue weighted by Gasteiger charge is -2.15. The molecule has 0 unspecified atom stereocenters. The van der Waals surface area contributed by atoms with Crippen LogP contribution < -0.4 is 14.8 Å². The Bertz CT molecular complexity index is 433. The number of halogens is 1. The molecule has 0 spiro atoms. The standard InChI is InChI=1S/C17H28BrNO2/c1-12(2)6-7-21-17-15(18)8-14(9-16(17)20-5)11-19-10-13(3)4/h8-9,12-13,19H,6-7,10-11H2,1-5H3. The topological polar surface area (TPSA) is 30.5 Å². The number of rotatable bonds is 9. The van der Waals surface area contributed by atoms with Crippen molar-refractivity contribution in [2.75, 3.05) is 20.3 Å². The molecule has 1 N–H and O–H groups in total. The van der Waals surface area contributed by atoms with Gasteiger partial charge in [0.05, 0.1) is 18.2 Å². The van der Waals surface area contributed by atoms with E-state index in [1.165, 1.54) is 5.56 Å². The van der Waals surface area contributed by atoms with E-state index < -0.39 is 0 Å². The summed E-state index contributed by atoms with van der Waals surface area (Å²) in [6.07, 6.45) is 1.04. The highest BCUT2D eigenvalue weighted by Crippen LogP contribution is 2.36. The van der Waals surface area contributed by atoms with Gasteiger partial charge in [-0.2, -0.15) is 0 Å². The summed E-state index contributed by atoms with van der Waals surface area (Å²) in [5.41, 5.74) is 1.19. The van der Waals surface area contributed by atoms with Gasteiger partial charge in [0.15, 0.2) is 11.5 Å². The maximum atomic E-state index is 5.88. The highest BCUT2D eigenvalue weighted by atomic mass is 79.9. The second kappa shape index (κ2) is 9.31. The van der Waals surface area contributed by atoms with Crippen molar-refractivity contribution >= 4 is 15.9 Å². The zero-order valence-corrected chi connectivity index (χ0v) is 15.4. The highest BCUT2D eigenvalue weighted by molar-refractivity contribution is 9.10. The monoisotopic (exact) mass is 357 g/mol. The molecular weight excluding hydrogens is 330 g/mol. The van der Waals surface area contributed by atoms with Gasteiger partial charge in [0.2, 0.25) is 0 Å². The molecule has 0 radical (unpaired) electrons. The smallest absolute Gasteiger partial charge is 0.175 e. The van der Waals surface area contributed by atoms with E-state index in [0.717, 1.165) is 35.5 Å². The fourth-order valence-corrected chi connectivity index (χ4v) is 2.52. The van der Waals surface area contributed by atoms with Crippen LogP contribution >= 0.6 is 15.9 Å². The van der Waals surface area contributed by atoms with Crippen LogP contribution in [0, 0.1) is 11.8 Å². The first kappa shape index (κ1) is 18.3. The molecule has 0 heterocycles. The Morgan fingerprint density at radius 2 is 1.86 bits per heavy atom. The number of hydrogen-bond acceptors (Lipinski definition) is 3. The zero-order valence-electron chi connectivity index (χ0n) is 13.8. The van der Waals surface area contributed by atoms with Crippen LogP contribution in [0.1, 0.15) is 39.7 Å². The lowest BCUT2D eigenvalue weighted by atomic mass is 10.1. The van der Waals surface area contributed by atoms with Gasteiger partial charge in [0.25, 0.3) is 0 Å². The van der Waals surface area contributed by atoms with E-state index in [9.17, 15) is 0 Å². The largest absolute Gasteiger partial charge is 0.493 e. The fraction of sp³-hybridized carbons (Fsp3) is 0.647. The van der Waals surface area contributed by atoms with Crippen LogP contribution in [0.15, 0.2) is 16.6 Å². The third-order valence-electron chi connectivity index (χ3n) is 3.11. The number of hydrogen-bond donors (Lipinski definition) is 1. The summed E-state index contributed by atoms with van der Waals surface area (Å²) in [5.74, 6) is 2.86. The fourth-order valence-electron chi connectivity index (χ4n) is 1.92. The molecule has 0 aliphatic heterocycles. The van der Waals surface area contributed by atoms with Crippen LogP contribution in [0.5, 0.6) is 11.5 Å². The summed E-state index contributed by atoms with van der Waals surface area (Å²) in [7, 11) is 1.68. The molecule has 0 atom stereocenters. The van der Waals surface area contributed by atoms with Crippen molar-refractivity contribution in [1.82, 2.24) is 5.32 Å². The van der Waals surface area contributed by atoms with Crippen LogP contribution in [-0.2, 0) is 6.54 Å². The molecule has 21 heavy (non-hydrogen) atoms. The Morgan fingerprint density at radius 1 is 1.14 bits per heavy atom. The molecule has 1 aromatic rings. The lowest BCUT2D eigenvalue weighted by Crippen LogP contribution is -2.19. The average Bonchev–Trinajstić information content (AvgIpc) is 2.39. The van der Waals surface area contributed by atoms with Gasteiger partial charge in [-0.1, -0.05) is 27.7 Å². The van der Waals surface area contributed by atoms with Gasteiger partial charge in [-0.05, 0) is 58.4 Å². The van der Waals surface area contributed by atoms with E-state index in [0.29, 0.717) is 18.4 Å². The molecule has 120 valence electrons. The van der Waals surface area contributed by atoms with Crippen LogP contribution in [0.4, 0.5) is 0 Å². The number of nitrogens with one attached hydrogen (secondary N) is 1. The van der Waals surface area contributed by atoms with E-state index in [-0.39, 0.29) is 0 Å². The van der Waals surface area contributed by atoms with Crippen molar-refractivity contribution in [1.29, 1.82) is 0 Å². The van der Waals surface area contributed by atoms with Crippen LogP contribution in [0.2, 0.25) is 0 Å². The minimum Gasteiger partial charge on any atom is -0.493 e. The molecule has 0 fully saturated rings. The Hall–Kier alpha value is -0.740. The van der Waals surface area contributed by atoms with E-state index >= 15 is 0 Å². The molecule has 0 bridgehead atoms. The van der Waals surface area contributed by atoms with Crippen molar-refractivity contribution in [3.8, 4) is 11.5 Å². The Kier molecular flexibility index (Phi) is 8.12. The molecule has 1 rings (SSSR count). The first-order valence-corrected chi connectivity index (χ1v) is 8.43. The Balaban J connectivity index is 2.72. The molecule has 0 saturated heterocycles. The van der Waals surface area contributed by atoms with Gasteiger partial charge in [0, 0.05) is 6.54 Å². The summed E-state index contributed by atoms with van der Waals surface area (Å²) >= 11 is 3.59. The van der Waals surface area contributed by atoms with Crippen molar-refractivity contribution in [3.05, 3.63) is 22.2 Å². The van der Waals surface area contributed by atoms with Gasteiger partial charge in [-0.3, -0.25) is 0 Å². The molecule has 0 amide bonds. The number of methoxy groups -OCH3 is 1. The Morgan fingerprint density at radius 3 is 2.43 bits per heavy atom. The summed E-state index contributed by atoms with van der Waals surface area (Å²) in [6, 6.07) is 4.14. The lowest BCUT2D eigenvalue weighted by molar-refractivity contribution is 0.271. The highest BCUT2D eigenvalue weighted by Gasteiger charge is 2.12. The maximum absolute atomic E-state index is 5.88. The van der Waals surface area contributed by atoms with E-state index in [1.807, 2.05) is 6.07 Å². The number of benzene rings is 1. The molecule has 0 saturated carbocycles. The zero-order chi connectivity index (χ0) is 15.8. The third-order valence-corrected chi connectivity index (χ3v) is 3.70. The first-order valence-electron chi connectivity index (χ1n) is 7.64. The normalized spacial score (nSPS) is 11.2. The maximum Gasteiger partial charge on any atom is 0.175 e. The van der Waals surface area contributed by atoms with E-state index in [1.54, 1.807) is 7.11 Å². The predicted octanol–water partition coefficient (Wildman–Crippen LogP) is 4.63. The third kappa shape index (κ3) is 6.70. The SMILES string of the molecule is COc1cc(CNCC(C)C)cc(Br)c1OCCC(C)C. The van der Waals surface area contributed by atoms with E-state index in [2.05, 4.69) is 55.0 Å². The molecular formula is C17H28BrNO2. The van der Waals surface area contributed by atoms with Gasteiger partial charge < -0.3 is 14.8 Å². The van der Waals surface area contributed by atoms with Crippen LogP contribution in [-0.4, -0.2) is 20.3 Å². The molecule has 0 aliphatic carbocycles. The van der Waals surface area contributed by atoms with Gasteiger partial charge in [0.1, 0.15) is 0 Å². The van der Waals surface area contributed by atoms with Crippen molar-refractivity contribution in [2.24, 2.45) is 11.8 Å². The van der Waals surface area contributed by atoms with Gasteiger partial charge in [-0.25, -0.2) is 0 Å². The minimum absolute atomic E-state index is 0.634. The molecule has 0 aromatic heterocycles. The predicted molar refractivity (Wildman–Crippen MR) is 92.2 cm³/mol. The minimum atomic E-state index is 0.634. The molecule has 0 aliphatic rings. The van der Waals surface area contributed by atoms with Crippen molar-refractivity contribution in [3.63, 3.8) is 0 Å². The van der Waals surface area contributed by atoms with Crippen LogP contribution in [0.25, 0.3) is 0 Å². The summed E-state index contributed by atoms with van der Waals surface area (Å²) < 4.78 is 12.3.